The zero-order valence-electron chi connectivity index (χ0n) is 12.9. The molecule has 4 nitrogen and oxygen atoms in total. The minimum absolute atomic E-state index is 0.240. The van der Waals surface area contributed by atoms with Gasteiger partial charge in [-0.3, -0.25) is 0 Å². The summed E-state index contributed by atoms with van der Waals surface area (Å²) in [7, 11) is 3.34. The van der Waals surface area contributed by atoms with E-state index in [4.69, 9.17) is 13.9 Å². The largest absolute Gasteiger partial charge is 0.497 e. The lowest BCUT2D eigenvalue weighted by Gasteiger charge is -2.19. The summed E-state index contributed by atoms with van der Waals surface area (Å²) in [5, 5.41) is 3.51. The molecule has 0 radical (unpaired) electrons. The normalized spacial score (nSPS) is 12.1. The van der Waals surface area contributed by atoms with E-state index in [1.165, 1.54) is 5.56 Å². The van der Waals surface area contributed by atoms with Gasteiger partial charge in [0, 0.05) is 18.5 Å². The van der Waals surface area contributed by atoms with Gasteiger partial charge in [-0.25, -0.2) is 0 Å². The van der Waals surface area contributed by atoms with Crippen molar-refractivity contribution in [3.63, 3.8) is 0 Å². The molecule has 1 unspecified atom stereocenters. The molecule has 0 saturated heterocycles. The maximum absolute atomic E-state index is 5.41. The molecule has 114 valence electrons. The number of furan rings is 1. The van der Waals surface area contributed by atoms with Gasteiger partial charge in [-0.2, -0.15) is 0 Å². The fourth-order valence-corrected chi connectivity index (χ4v) is 2.41. The number of ether oxygens (including phenoxy) is 2. The van der Waals surface area contributed by atoms with Gasteiger partial charge in [-0.15, -0.1) is 0 Å². The minimum Gasteiger partial charge on any atom is -0.497 e. The number of hydrogen-bond acceptors (Lipinski definition) is 4. The Morgan fingerprint density at radius 1 is 1.14 bits per heavy atom. The maximum atomic E-state index is 5.41. The molecule has 2 aromatic rings. The van der Waals surface area contributed by atoms with Gasteiger partial charge < -0.3 is 19.2 Å². The number of benzene rings is 1. The third kappa shape index (κ3) is 4.26. The molecule has 0 aliphatic carbocycles. The van der Waals surface area contributed by atoms with Crippen LogP contribution < -0.4 is 14.8 Å². The van der Waals surface area contributed by atoms with Gasteiger partial charge >= 0.3 is 0 Å². The SMILES string of the molecule is CCNC(CCc1ccco1)c1cc(OC)cc(OC)c1. The van der Waals surface area contributed by atoms with Gasteiger partial charge in [0.15, 0.2) is 0 Å². The highest BCUT2D eigenvalue weighted by Crippen LogP contribution is 2.28. The lowest BCUT2D eigenvalue weighted by molar-refractivity contribution is 0.390. The van der Waals surface area contributed by atoms with Gasteiger partial charge in [0.2, 0.25) is 0 Å². The molecule has 4 heteroatoms. The molecule has 0 aliphatic heterocycles. The van der Waals surface area contributed by atoms with Crippen LogP contribution in [0.3, 0.4) is 0 Å². The van der Waals surface area contributed by atoms with E-state index >= 15 is 0 Å². The molecule has 1 atom stereocenters. The van der Waals surface area contributed by atoms with E-state index in [1.54, 1.807) is 20.5 Å². The lowest BCUT2D eigenvalue weighted by atomic mass is 10.0. The first kappa shape index (κ1) is 15.4. The molecule has 1 aromatic carbocycles. The van der Waals surface area contributed by atoms with E-state index in [1.807, 2.05) is 18.2 Å². The maximum Gasteiger partial charge on any atom is 0.122 e. The third-order valence-corrected chi connectivity index (χ3v) is 3.49. The fourth-order valence-electron chi connectivity index (χ4n) is 2.41. The Bertz CT molecular complexity index is 515. The molecule has 1 heterocycles. The predicted molar refractivity (Wildman–Crippen MR) is 83.0 cm³/mol. The highest BCUT2D eigenvalue weighted by Gasteiger charge is 2.14. The average Bonchev–Trinajstić information content (AvgIpc) is 3.04. The molecule has 2 rings (SSSR count). The summed E-state index contributed by atoms with van der Waals surface area (Å²) in [6.07, 6.45) is 3.56. The zero-order valence-corrected chi connectivity index (χ0v) is 12.9. The second-order valence-corrected chi connectivity index (χ2v) is 4.87. The van der Waals surface area contributed by atoms with E-state index < -0.39 is 0 Å². The quantitative estimate of drug-likeness (QED) is 0.806. The first-order chi connectivity index (χ1) is 10.3. The van der Waals surface area contributed by atoms with E-state index in [2.05, 4.69) is 24.4 Å². The Hall–Kier alpha value is -1.94. The molecule has 0 aliphatic rings. The van der Waals surface area contributed by atoms with Crippen molar-refractivity contribution in [1.29, 1.82) is 0 Å². The van der Waals surface area contributed by atoms with Gasteiger partial charge in [-0.05, 0) is 42.8 Å². The summed E-state index contributed by atoms with van der Waals surface area (Å²) >= 11 is 0. The molecule has 0 amide bonds. The Balaban J connectivity index is 2.16. The summed E-state index contributed by atoms with van der Waals surface area (Å²) in [6.45, 7) is 3.01. The van der Waals surface area contributed by atoms with Crippen LogP contribution in [0.15, 0.2) is 41.0 Å². The summed E-state index contributed by atoms with van der Waals surface area (Å²) in [4.78, 5) is 0. The number of methoxy groups -OCH3 is 2. The number of hydrogen-bond donors (Lipinski definition) is 1. The van der Waals surface area contributed by atoms with Crippen LogP contribution in [0.2, 0.25) is 0 Å². The van der Waals surface area contributed by atoms with Crippen molar-refractivity contribution in [2.24, 2.45) is 0 Å². The van der Waals surface area contributed by atoms with Gasteiger partial charge in [-0.1, -0.05) is 6.92 Å². The van der Waals surface area contributed by atoms with E-state index in [0.717, 1.165) is 36.6 Å². The fraction of sp³-hybridized carbons (Fsp3) is 0.412. The summed E-state index contributed by atoms with van der Waals surface area (Å²) in [6, 6.07) is 10.2. The molecule has 0 saturated carbocycles. The minimum atomic E-state index is 0.240. The molecule has 21 heavy (non-hydrogen) atoms. The number of aryl methyl sites for hydroxylation is 1. The topological polar surface area (TPSA) is 43.6 Å². The van der Waals surface area contributed by atoms with Crippen molar-refractivity contribution in [3.05, 3.63) is 47.9 Å². The van der Waals surface area contributed by atoms with Crippen LogP contribution in [-0.2, 0) is 6.42 Å². The van der Waals surface area contributed by atoms with Crippen LogP contribution in [0.4, 0.5) is 0 Å². The van der Waals surface area contributed by atoms with Gasteiger partial charge in [0.1, 0.15) is 17.3 Å². The van der Waals surface area contributed by atoms with Gasteiger partial charge in [0.25, 0.3) is 0 Å². The summed E-state index contributed by atoms with van der Waals surface area (Å²) in [5.41, 5.74) is 1.17. The first-order valence-corrected chi connectivity index (χ1v) is 7.25. The van der Waals surface area contributed by atoms with Crippen LogP contribution in [0.1, 0.15) is 30.7 Å². The van der Waals surface area contributed by atoms with E-state index in [9.17, 15) is 0 Å². The van der Waals surface area contributed by atoms with Crippen LogP contribution in [0.5, 0.6) is 11.5 Å². The number of rotatable bonds is 8. The van der Waals surface area contributed by atoms with Crippen molar-refractivity contribution in [2.45, 2.75) is 25.8 Å². The highest BCUT2D eigenvalue weighted by atomic mass is 16.5. The van der Waals surface area contributed by atoms with E-state index in [0.29, 0.717) is 0 Å². The third-order valence-electron chi connectivity index (χ3n) is 3.49. The van der Waals surface area contributed by atoms with Gasteiger partial charge in [0.05, 0.1) is 20.5 Å². The Morgan fingerprint density at radius 2 is 1.86 bits per heavy atom. The molecular formula is C17H23NO3. The second-order valence-electron chi connectivity index (χ2n) is 4.87. The lowest BCUT2D eigenvalue weighted by Crippen LogP contribution is -2.21. The Morgan fingerprint density at radius 3 is 2.38 bits per heavy atom. The molecule has 0 bridgehead atoms. The van der Waals surface area contributed by atoms with E-state index in [-0.39, 0.29) is 6.04 Å². The predicted octanol–water partition coefficient (Wildman–Crippen LogP) is 3.58. The van der Waals surface area contributed by atoms with Crippen LogP contribution in [-0.4, -0.2) is 20.8 Å². The first-order valence-electron chi connectivity index (χ1n) is 7.25. The molecule has 1 N–H and O–H groups in total. The second kappa shape index (κ2) is 7.74. The summed E-state index contributed by atoms with van der Waals surface area (Å²) < 4.78 is 16.1. The van der Waals surface area contributed by atoms with Crippen molar-refractivity contribution in [1.82, 2.24) is 5.32 Å². The average molecular weight is 289 g/mol. The Kier molecular flexibility index (Phi) is 5.69. The van der Waals surface area contributed by atoms with Crippen LogP contribution in [0.25, 0.3) is 0 Å². The Labute approximate surface area is 126 Å². The molecule has 1 aromatic heterocycles. The van der Waals surface area contributed by atoms with Crippen molar-refractivity contribution < 1.29 is 13.9 Å². The summed E-state index contributed by atoms with van der Waals surface area (Å²) in [5.74, 6) is 2.63. The molecular weight excluding hydrogens is 266 g/mol. The van der Waals surface area contributed by atoms with Crippen LogP contribution in [0, 0.1) is 0 Å². The zero-order chi connectivity index (χ0) is 15.1. The molecule has 0 fully saturated rings. The number of nitrogens with one attached hydrogen (secondary N) is 1. The monoisotopic (exact) mass is 289 g/mol. The van der Waals surface area contributed by atoms with Crippen molar-refractivity contribution in [3.8, 4) is 11.5 Å². The highest BCUT2D eigenvalue weighted by molar-refractivity contribution is 5.39. The van der Waals surface area contributed by atoms with Crippen molar-refractivity contribution >= 4 is 0 Å². The van der Waals surface area contributed by atoms with Crippen LogP contribution >= 0.6 is 0 Å². The molecule has 0 spiro atoms. The smallest absolute Gasteiger partial charge is 0.122 e. The standard InChI is InChI=1S/C17H23NO3/c1-4-18-17(8-7-14-6-5-9-21-14)13-10-15(19-2)12-16(11-13)20-3/h5-6,9-12,17-18H,4,7-8H2,1-3H3. The van der Waals surface area contributed by atoms with Crippen molar-refractivity contribution in [2.75, 3.05) is 20.8 Å².